The Kier molecular flexibility index (Phi) is 5.54. The van der Waals surface area contributed by atoms with Crippen molar-refractivity contribution in [3.63, 3.8) is 0 Å². The van der Waals surface area contributed by atoms with E-state index in [4.69, 9.17) is 11.6 Å². The highest BCUT2D eigenvalue weighted by molar-refractivity contribution is 6.30. The van der Waals surface area contributed by atoms with Crippen molar-refractivity contribution in [2.45, 2.75) is 26.4 Å². The highest BCUT2D eigenvalue weighted by Gasteiger charge is 2.15. The minimum Gasteiger partial charge on any atom is -0.293 e. The van der Waals surface area contributed by atoms with Crippen LogP contribution in [0.15, 0.2) is 54.6 Å². The molecule has 0 aliphatic rings. The number of halogens is 1. The van der Waals surface area contributed by atoms with Gasteiger partial charge in [0.25, 0.3) is 0 Å². The van der Waals surface area contributed by atoms with Crippen LogP contribution in [0.2, 0.25) is 5.02 Å². The molecule has 2 nitrogen and oxygen atoms in total. The zero-order valence-corrected chi connectivity index (χ0v) is 13.2. The van der Waals surface area contributed by atoms with Crippen LogP contribution in [0, 0.1) is 0 Å². The number of rotatable bonds is 6. The number of benzene rings is 2. The fourth-order valence-corrected chi connectivity index (χ4v) is 2.28. The monoisotopic (exact) mass is 301 g/mol. The third-order valence-corrected chi connectivity index (χ3v) is 3.72. The molecule has 0 fully saturated rings. The molecule has 110 valence electrons. The van der Waals surface area contributed by atoms with Crippen LogP contribution in [0.3, 0.4) is 0 Å². The zero-order valence-electron chi connectivity index (χ0n) is 12.4. The minimum absolute atomic E-state index is 0.122. The van der Waals surface area contributed by atoms with E-state index >= 15 is 0 Å². The van der Waals surface area contributed by atoms with Crippen molar-refractivity contribution in [1.82, 2.24) is 4.90 Å². The van der Waals surface area contributed by atoms with E-state index in [0.717, 1.165) is 6.54 Å². The highest BCUT2D eigenvalue weighted by Crippen LogP contribution is 2.13. The van der Waals surface area contributed by atoms with E-state index in [2.05, 4.69) is 30.9 Å². The molecule has 21 heavy (non-hydrogen) atoms. The van der Waals surface area contributed by atoms with Crippen LogP contribution < -0.4 is 0 Å². The van der Waals surface area contributed by atoms with Gasteiger partial charge in [-0.05, 0) is 43.7 Å². The summed E-state index contributed by atoms with van der Waals surface area (Å²) < 4.78 is 0. The van der Waals surface area contributed by atoms with E-state index in [1.807, 2.05) is 18.2 Å². The Labute approximate surface area is 131 Å². The number of carbonyl (C=O) groups is 1. The predicted octanol–water partition coefficient (Wildman–Crippen LogP) is 4.43. The summed E-state index contributed by atoms with van der Waals surface area (Å²) in [6, 6.07) is 17.6. The average molecular weight is 302 g/mol. The van der Waals surface area contributed by atoms with Gasteiger partial charge in [0.1, 0.15) is 0 Å². The topological polar surface area (TPSA) is 20.3 Å². The summed E-state index contributed by atoms with van der Waals surface area (Å²) >= 11 is 5.86. The Morgan fingerprint density at radius 2 is 1.67 bits per heavy atom. The van der Waals surface area contributed by atoms with Gasteiger partial charge in [0.15, 0.2) is 5.78 Å². The molecule has 0 saturated heterocycles. The summed E-state index contributed by atoms with van der Waals surface area (Å²) in [6.45, 7) is 5.40. The molecule has 0 spiro atoms. The van der Waals surface area contributed by atoms with Crippen LogP contribution >= 0.6 is 11.6 Å². The molecule has 0 atom stereocenters. The van der Waals surface area contributed by atoms with Crippen LogP contribution in [0.4, 0.5) is 0 Å². The molecule has 0 bridgehead atoms. The van der Waals surface area contributed by atoms with Crippen molar-refractivity contribution in [3.05, 3.63) is 70.7 Å². The molecule has 0 aliphatic heterocycles. The maximum absolute atomic E-state index is 12.4. The molecule has 3 heteroatoms. The Balaban J connectivity index is 2.06. The van der Waals surface area contributed by atoms with Gasteiger partial charge in [0, 0.05) is 23.2 Å². The lowest BCUT2D eigenvalue weighted by Crippen LogP contribution is -2.35. The van der Waals surface area contributed by atoms with E-state index < -0.39 is 0 Å². The van der Waals surface area contributed by atoms with Crippen molar-refractivity contribution < 1.29 is 4.79 Å². The first-order valence-electron chi connectivity index (χ1n) is 7.13. The van der Waals surface area contributed by atoms with Gasteiger partial charge in [-0.15, -0.1) is 0 Å². The first-order valence-corrected chi connectivity index (χ1v) is 7.51. The lowest BCUT2D eigenvalue weighted by Gasteiger charge is -2.25. The number of ketones is 1. The second kappa shape index (κ2) is 7.39. The first-order chi connectivity index (χ1) is 10.1. The molecule has 0 amide bonds. The molecule has 2 rings (SSSR count). The molecule has 0 radical (unpaired) electrons. The van der Waals surface area contributed by atoms with Crippen LogP contribution in [0.1, 0.15) is 29.8 Å². The molecular formula is C18H20ClNO. The molecule has 0 aromatic heterocycles. The smallest absolute Gasteiger partial charge is 0.176 e. The Bertz CT molecular complexity index is 578. The summed E-state index contributed by atoms with van der Waals surface area (Å²) in [5, 5.41) is 0.650. The number of hydrogen-bond acceptors (Lipinski definition) is 2. The molecule has 0 aliphatic carbocycles. The minimum atomic E-state index is 0.122. The Hall–Kier alpha value is -1.64. The largest absolute Gasteiger partial charge is 0.293 e. The van der Waals surface area contributed by atoms with Crippen molar-refractivity contribution >= 4 is 17.4 Å². The summed E-state index contributed by atoms with van der Waals surface area (Å²) in [4.78, 5) is 14.5. The van der Waals surface area contributed by atoms with Crippen molar-refractivity contribution in [2.75, 3.05) is 6.54 Å². The van der Waals surface area contributed by atoms with Crippen LogP contribution in [-0.4, -0.2) is 23.3 Å². The Morgan fingerprint density at radius 3 is 2.24 bits per heavy atom. The van der Waals surface area contributed by atoms with E-state index in [1.54, 1.807) is 24.3 Å². The number of hydrogen-bond donors (Lipinski definition) is 0. The average Bonchev–Trinajstić information content (AvgIpc) is 2.48. The molecule has 0 unspecified atom stereocenters. The molecule has 0 heterocycles. The second-order valence-corrected chi connectivity index (χ2v) is 5.85. The molecule has 0 saturated carbocycles. The fraction of sp³-hybridized carbons (Fsp3) is 0.278. The SMILES string of the molecule is CC(C)N(CC(=O)c1ccc(Cl)cc1)Cc1ccccc1. The normalized spacial score (nSPS) is 11.1. The van der Waals surface area contributed by atoms with Crippen molar-refractivity contribution in [2.24, 2.45) is 0 Å². The van der Waals surface area contributed by atoms with Crippen LogP contribution in [0.5, 0.6) is 0 Å². The van der Waals surface area contributed by atoms with Gasteiger partial charge in [-0.25, -0.2) is 0 Å². The maximum atomic E-state index is 12.4. The summed E-state index contributed by atoms with van der Waals surface area (Å²) in [7, 11) is 0. The van der Waals surface area contributed by atoms with Crippen molar-refractivity contribution in [1.29, 1.82) is 0 Å². The van der Waals surface area contributed by atoms with Crippen molar-refractivity contribution in [3.8, 4) is 0 Å². The number of carbonyl (C=O) groups excluding carboxylic acids is 1. The Morgan fingerprint density at radius 1 is 1.05 bits per heavy atom. The highest BCUT2D eigenvalue weighted by atomic mass is 35.5. The molecule has 2 aromatic rings. The molecule has 0 N–H and O–H groups in total. The summed E-state index contributed by atoms with van der Waals surface area (Å²) in [5.74, 6) is 0.122. The summed E-state index contributed by atoms with van der Waals surface area (Å²) in [5.41, 5.74) is 1.92. The third-order valence-electron chi connectivity index (χ3n) is 3.47. The van der Waals surface area contributed by atoms with Gasteiger partial charge in [0.2, 0.25) is 0 Å². The number of Topliss-reactive ketones (excluding diaryl/α,β-unsaturated/α-hetero) is 1. The number of nitrogens with zero attached hydrogens (tertiary/aromatic N) is 1. The molecule has 2 aromatic carbocycles. The van der Waals surface area contributed by atoms with E-state index in [-0.39, 0.29) is 5.78 Å². The van der Waals surface area contributed by atoms with E-state index in [1.165, 1.54) is 5.56 Å². The predicted molar refractivity (Wildman–Crippen MR) is 87.8 cm³/mol. The lowest BCUT2D eigenvalue weighted by molar-refractivity contribution is 0.0898. The zero-order chi connectivity index (χ0) is 15.2. The van der Waals surface area contributed by atoms with Crippen LogP contribution in [0.25, 0.3) is 0 Å². The van der Waals surface area contributed by atoms with Crippen LogP contribution in [-0.2, 0) is 6.54 Å². The van der Waals surface area contributed by atoms with Gasteiger partial charge in [-0.2, -0.15) is 0 Å². The van der Waals surface area contributed by atoms with E-state index in [9.17, 15) is 4.79 Å². The maximum Gasteiger partial charge on any atom is 0.176 e. The van der Waals surface area contributed by atoms with E-state index in [0.29, 0.717) is 23.2 Å². The van der Waals surface area contributed by atoms with Gasteiger partial charge in [-0.3, -0.25) is 9.69 Å². The quantitative estimate of drug-likeness (QED) is 0.736. The lowest BCUT2D eigenvalue weighted by atomic mass is 10.1. The van der Waals surface area contributed by atoms with Gasteiger partial charge in [0.05, 0.1) is 6.54 Å². The summed E-state index contributed by atoms with van der Waals surface area (Å²) in [6.07, 6.45) is 0. The first kappa shape index (κ1) is 15.7. The fourth-order valence-electron chi connectivity index (χ4n) is 2.15. The third kappa shape index (κ3) is 4.69. The van der Waals surface area contributed by atoms with Gasteiger partial charge < -0.3 is 0 Å². The van der Waals surface area contributed by atoms with Gasteiger partial charge in [-0.1, -0.05) is 41.9 Å². The second-order valence-electron chi connectivity index (χ2n) is 5.41. The van der Waals surface area contributed by atoms with Gasteiger partial charge >= 0.3 is 0 Å². The standard InChI is InChI=1S/C18H20ClNO/c1-14(2)20(12-15-6-4-3-5-7-15)13-18(21)16-8-10-17(19)11-9-16/h3-11,14H,12-13H2,1-2H3. The molecular weight excluding hydrogens is 282 g/mol.